The van der Waals surface area contributed by atoms with Gasteiger partial charge in [0.25, 0.3) is 0 Å². The Kier molecular flexibility index (Phi) is 7.11. The van der Waals surface area contributed by atoms with Crippen molar-refractivity contribution in [1.82, 2.24) is 4.90 Å². The van der Waals surface area contributed by atoms with Gasteiger partial charge >= 0.3 is 0 Å². The van der Waals surface area contributed by atoms with Crippen molar-refractivity contribution < 1.29 is 24.5 Å². The second-order valence-electron chi connectivity index (χ2n) is 4.00. The van der Waals surface area contributed by atoms with Crippen LogP contribution in [-0.2, 0) is 14.3 Å². The van der Waals surface area contributed by atoms with Gasteiger partial charge in [-0.25, -0.2) is 0 Å². The van der Waals surface area contributed by atoms with E-state index < -0.39 is 6.10 Å². The molecule has 1 unspecified atom stereocenters. The van der Waals surface area contributed by atoms with E-state index in [9.17, 15) is 9.90 Å². The molecular weight excluding hydrogens is 226 g/mol. The predicted octanol–water partition coefficient (Wildman–Crippen LogP) is -1.00. The van der Waals surface area contributed by atoms with Crippen LogP contribution in [0.5, 0.6) is 0 Å². The minimum Gasteiger partial charge on any atom is -0.394 e. The van der Waals surface area contributed by atoms with Crippen molar-refractivity contribution >= 4 is 5.91 Å². The van der Waals surface area contributed by atoms with Crippen LogP contribution in [0.4, 0.5) is 0 Å². The SMILES string of the molecule is O=C1CC(O)CN1CCCOCCOCCO. The zero-order valence-electron chi connectivity index (χ0n) is 10.0. The molecule has 6 nitrogen and oxygen atoms in total. The van der Waals surface area contributed by atoms with Gasteiger partial charge in [-0.15, -0.1) is 0 Å². The third-order valence-electron chi connectivity index (χ3n) is 2.52. The Morgan fingerprint density at radius 3 is 2.53 bits per heavy atom. The molecule has 1 rings (SSSR count). The first-order chi connectivity index (χ1) is 8.24. The number of amides is 1. The molecule has 0 aromatic carbocycles. The molecule has 1 atom stereocenters. The third kappa shape index (κ3) is 5.97. The molecule has 0 aliphatic carbocycles. The van der Waals surface area contributed by atoms with Crippen LogP contribution in [0, 0.1) is 0 Å². The van der Waals surface area contributed by atoms with E-state index in [4.69, 9.17) is 14.6 Å². The lowest BCUT2D eigenvalue weighted by atomic mass is 10.3. The predicted molar refractivity (Wildman–Crippen MR) is 60.5 cm³/mol. The van der Waals surface area contributed by atoms with Gasteiger partial charge in [-0.1, -0.05) is 0 Å². The summed E-state index contributed by atoms with van der Waals surface area (Å²) in [5, 5.41) is 17.7. The summed E-state index contributed by atoms with van der Waals surface area (Å²) in [6.45, 7) is 2.98. The summed E-state index contributed by atoms with van der Waals surface area (Å²) in [4.78, 5) is 13.0. The second-order valence-corrected chi connectivity index (χ2v) is 4.00. The summed E-state index contributed by atoms with van der Waals surface area (Å²) in [6.07, 6.45) is 0.504. The highest BCUT2D eigenvalue weighted by atomic mass is 16.5. The number of likely N-dealkylation sites (tertiary alicyclic amines) is 1. The van der Waals surface area contributed by atoms with Crippen molar-refractivity contribution in [3.8, 4) is 0 Å². The Balaban J connectivity index is 1.89. The minimum atomic E-state index is -0.504. The maximum atomic E-state index is 11.3. The largest absolute Gasteiger partial charge is 0.394 e. The van der Waals surface area contributed by atoms with E-state index in [1.54, 1.807) is 4.90 Å². The molecule has 1 aliphatic heterocycles. The van der Waals surface area contributed by atoms with Crippen molar-refractivity contribution in [2.75, 3.05) is 46.1 Å². The van der Waals surface area contributed by atoms with E-state index >= 15 is 0 Å². The van der Waals surface area contributed by atoms with E-state index in [1.807, 2.05) is 0 Å². The van der Waals surface area contributed by atoms with Crippen molar-refractivity contribution in [1.29, 1.82) is 0 Å². The van der Waals surface area contributed by atoms with Crippen LogP contribution in [-0.4, -0.2) is 73.2 Å². The van der Waals surface area contributed by atoms with Crippen molar-refractivity contribution in [3.05, 3.63) is 0 Å². The number of aliphatic hydroxyl groups excluding tert-OH is 2. The van der Waals surface area contributed by atoms with Crippen molar-refractivity contribution in [2.45, 2.75) is 18.9 Å². The molecule has 0 aromatic heterocycles. The first-order valence-electron chi connectivity index (χ1n) is 5.96. The Hall–Kier alpha value is -0.690. The summed E-state index contributed by atoms with van der Waals surface area (Å²) in [5.41, 5.74) is 0. The number of hydrogen-bond donors (Lipinski definition) is 2. The van der Waals surface area contributed by atoms with Gasteiger partial charge < -0.3 is 24.6 Å². The molecule has 100 valence electrons. The van der Waals surface area contributed by atoms with Crippen LogP contribution < -0.4 is 0 Å². The number of hydrogen-bond acceptors (Lipinski definition) is 5. The standard InChI is InChI=1S/C11H21NO5/c13-3-5-17-7-6-16-4-1-2-12-9-10(14)8-11(12)15/h10,13-14H,1-9H2. The lowest BCUT2D eigenvalue weighted by molar-refractivity contribution is -0.127. The highest BCUT2D eigenvalue weighted by molar-refractivity contribution is 5.78. The van der Waals surface area contributed by atoms with Crippen molar-refractivity contribution in [2.24, 2.45) is 0 Å². The molecule has 1 heterocycles. The molecule has 0 radical (unpaired) electrons. The first kappa shape index (κ1) is 14.4. The third-order valence-corrected chi connectivity index (χ3v) is 2.52. The molecule has 1 fully saturated rings. The monoisotopic (exact) mass is 247 g/mol. The van der Waals surface area contributed by atoms with Gasteiger partial charge in [-0.3, -0.25) is 4.79 Å². The fourth-order valence-electron chi connectivity index (χ4n) is 1.71. The van der Waals surface area contributed by atoms with Gasteiger partial charge in [0.1, 0.15) is 0 Å². The number of aliphatic hydroxyl groups is 2. The Labute approximate surface area is 101 Å². The molecule has 0 saturated carbocycles. The highest BCUT2D eigenvalue weighted by Crippen LogP contribution is 2.10. The maximum absolute atomic E-state index is 11.3. The molecular formula is C11H21NO5. The van der Waals surface area contributed by atoms with Crippen LogP contribution in [0.3, 0.4) is 0 Å². The van der Waals surface area contributed by atoms with Crippen LogP contribution >= 0.6 is 0 Å². The summed E-state index contributed by atoms with van der Waals surface area (Å²) < 4.78 is 10.3. The summed E-state index contributed by atoms with van der Waals surface area (Å²) >= 11 is 0. The smallest absolute Gasteiger partial charge is 0.225 e. The Morgan fingerprint density at radius 2 is 1.94 bits per heavy atom. The topological polar surface area (TPSA) is 79.2 Å². The number of carbonyl (C=O) groups is 1. The summed E-state index contributed by atoms with van der Waals surface area (Å²) in [5.74, 6) is 0.0174. The summed E-state index contributed by atoms with van der Waals surface area (Å²) in [6, 6.07) is 0. The maximum Gasteiger partial charge on any atom is 0.225 e. The average Bonchev–Trinajstić information content (AvgIpc) is 2.61. The number of ether oxygens (including phenoxy) is 2. The zero-order valence-corrected chi connectivity index (χ0v) is 10.0. The van der Waals surface area contributed by atoms with Gasteiger partial charge in [0.15, 0.2) is 0 Å². The van der Waals surface area contributed by atoms with E-state index in [0.29, 0.717) is 39.5 Å². The van der Waals surface area contributed by atoms with E-state index in [2.05, 4.69) is 0 Å². The highest BCUT2D eigenvalue weighted by Gasteiger charge is 2.26. The molecule has 1 saturated heterocycles. The van der Waals surface area contributed by atoms with E-state index in [1.165, 1.54) is 0 Å². The van der Waals surface area contributed by atoms with Crippen LogP contribution in [0.2, 0.25) is 0 Å². The zero-order chi connectivity index (χ0) is 12.5. The fraction of sp³-hybridized carbons (Fsp3) is 0.909. The van der Waals surface area contributed by atoms with Gasteiger partial charge in [-0.2, -0.15) is 0 Å². The Morgan fingerprint density at radius 1 is 1.24 bits per heavy atom. The second kappa shape index (κ2) is 8.41. The van der Waals surface area contributed by atoms with Gasteiger partial charge in [0.2, 0.25) is 5.91 Å². The van der Waals surface area contributed by atoms with E-state index in [-0.39, 0.29) is 18.9 Å². The fourth-order valence-corrected chi connectivity index (χ4v) is 1.71. The van der Waals surface area contributed by atoms with Crippen LogP contribution in [0.25, 0.3) is 0 Å². The number of rotatable bonds is 9. The van der Waals surface area contributed by atoms with Gasteiger partial charge in [-0.05, 0) is 6.42 Å². The van der Waals surface area contributed by atoms with Crippen LogP contribution in [0.15, 0.2) is 0 Å². The quantitative estimate of drug-likeness (QED) is 0.511. The average molecular weight is 247 g/mol. The van der Waals surface area contributed by atoms with Crippen LogP contribution in [0.1, 0.15) is 12.8 Å². The molecule has 1 aliphatic rings. The van der Waals surface area contributed by atoms with Gasteiger partial charge in [0, 0.05) is 19.7 Å². The number of carbonyl (C=O) groups excluding carboxylic acids is 1. The molecule has 1 amide bonds. The van der Waals surface area contributed by atoms with Gasteiger partial charge in [0.05, 0.1) is 39.0 Å². The first-order valence-corrected chi connectivity index (χ1v) is 5.96. The molecule has 6 heteroatoms. The number of β-amino-alcohol motifs (C(OH)–C–C–N with tert-alkyl or cyclic N) is 1. The lowest BCUT2D eigenvalue weighted by Gasteiger charge is -2.15. The summed E-state index contributed by atoms with van der Waals surface area (Å²) in [7, 11) is 0. The molecule has 0 aromatic rings. The van der Waals surface area contributed by atoms with E-state index in [0.717, 1.165) is 6.42 Å². The van der Waals surface area contributed by atoms with Crippen molar-refractivity contribution in [3.63, 3.8) is 0 Å². The molecule has 0 bridgehead atoms. The molecule has 0 spiro atoms. The Bertz CT molecular complexity index is 224. The lowest BCUT2D eigenvalue weighted by Crippen LogP contribution is -2.27. The number of nitrogens with zero attached hydrogens (tertiary/aromatic N) is 1. The molecule has 17 heavy (non-hydrogen) atoms. The minimum absolute atomic E-state index is 0.0174. The molecule has 2 N–H and O–H groups in total. The normalized spacial score (nSPS) is 20.2.